The van der Waals surface area contributed by atoms with Crippen LogP contribution in [0.4, 0.5) is 5.13 Å². The van der Waals surface area contributed by atoms with Crippen LogP contribution in [0.1, 0.15) is 17.9 Å². The number of halogens is 1. The number of carbonyl (C=O) groups is 2. The molecule has 28 heavy (non-hydrogen) atoms. The number of carboxylic acids is 1. The summed E-state index contributed by atoms with van der Waals surface area (Å²) in [6.07, 6.45) is -0.132. The molecule has 0 saturated carbocycles. The first-order valence-corrected chi connectivity index (χ1v) is 9.73. The molecule has 2 aromatic heterocycles. The highest BCUT2D eigenvalue weighted by Gasteiger charge is 2.28. The maximum atomic E-state index is 12.9. The lowest BCUT2D eigenvalue weighted by atomic mass is 9.98. The van der Waals surface area contributed by atoms with Crippen molar-refractivity contribution in [2.45, 2.75) is 19.8 Å². The van der Waals surface area contributed by atoms with Crippen molar-refractivity contribution < 1.29 is 19.2 Å². The zero-order valence-electron chi connectivity index (χ0n) is 15.3. The Hall–Kier alpha value is -2.71. The van der Waals surface area contributed by atoms with E-state index in [2.05, 4.69) is 10.1 Å². The Morgan fingerprint density at radius 3 is 2.75 bits per heavy atom. The third-order valence-corrected chi connectivity index (χ3v) is 5.41. The molecule has 2 heterocycles. The molecule has 0 saturated heterocycles. The first kappa shape index (κ1) is 20.0. The van der Waals surface area contributed by atoms with E-state index in [1.807, 2.05) is 23.6 Å². The largest absolute Gasteiger partial charge is 0.481 e. The highest BCUT2D eigenvalue weighted by molar-refractivity contribution is 7.14. The molecular formula is C19H18ClN3O4S. The lowest BCUT2D eigenvalue weighted by Crippen LogP contribution is -2.35. The highest BCUT2D eigenvalue weighted by atomic mass is 35.5. The Morgan fingerprint density at radius 1 is 1.36 bits per heavy atom. The average Bonchev–Trinajstić information content (AvgIpc) is 3.29. The highest BCUT2D eigenvalue weighted by Crippen LogP contribution is 2.32. The van der Waals surface area contributed by atoms with Crippen molar-refractivity contribution in [1.82, 2.24) is 10.1 Å². The molecule has 0 aliphatic heterocycles. The van der Waals surface area contributed by atoms with E-state index < -0.39 is 11.9 Å². The molecule has 146 valence electrons. The second-order valence-corrected chi connectivity index (χ2v) is 7.56. The summed E-state index contributed by atoms with van der Waals surface area (Å²) in [5.74, 6) is -1.57. The van der Waals surface area contributed by atoms with Gasteiger partial charge in [0, 0.05) is 35.5 Å². The molecule has 0 radical (unpaired) electrons. The number of rotatable bonds is 7. The van der Waals surface area contributed by atoms with Gasteiger partial charge in [-0.1, -0.05) is 35.0 Å². The quantitative estimate of drug-likeness (QED) is 0.620. The molecule has 1 amide bonds. The SMILES string of the molecule is Cc1cc(C[C@H](CC(=O)O)C(=O)N(C)c2nc(-c3ccccc3Cl)cs2)no1. The van der Waals surface area contributed by atoms with Crippen LogP contribution in [0.15, 0.2) is 40.2 Å². The van der Waals surface area contributed by atoms with Crippen molar-refractivity contribution in [3.63, 3.8) is 0 Å². The minimum atomic E-state index is -1.05. The first-order valence-electron chi connectivity index (χ1n) is 8.47. The molecule has 0 unspecified atom stereocenters. The molecule has 0 aliphatic rings. The van der Waals surface area contributed by atoms with Crippen molar-refractivity contribution in [3.8, 4) is 11.3 Å². The van der Waals surface area contributed by atoms with Crippen LogP contribution in [0.3, 0.4) is 0 Å². The topological polar surface area (TPSA) is 96.5 Å². The van der Waals surface area contributed by atoms with Gasteiger partial charge < -0.3 is 9.63 Å². The summed E-state index contributed by atoms with van der Waals surface area (Å²) >= 11 is 7.50. The zero-order valence-corrected chi connectivity index (χ0v) is 16.8. The van der Waals surface area contributed by atoms with Gasteiger partial charge in [-0.3, -0.25) is 14.5 Å². The molecule has 3 aromatic rings. The Kier molecular flexibility index (Phi) is 6.11. The summed E-state index contributed by atoms with van der Waals surface area (Å²) < 4.78 is 5.01. The predicted molar refractivity (Wildman–Crippen MR) is 107 cm³/mol. The van der Waals surface area contributed by atoms with Crippen LogP contribution in [0.25, 0.3) is 11.3 Å². The Labute approximate surface area is 170 Å². The van der Waals surface area contributed by atoms with Gasteiger partial charge in [0.2, 0.25) is 5.91 Å². The van der Waals surface area contributed by atoms with Crippen LogP contribution in [0, 0.1) is 12.8 Å². The Balaban J connectivity index is 1.81. The molecule has 0 fully saturated rings. The molecule has 1 aromatic carbocycles. The van der Waals surface area contributed by atoms with E-state index in [1.165, 1.54) is 16.2 Å². The Morgan fingerprint density at radius 2 is 2.11 bits per heavy atom. The molecular weight excluding hydrogens is 402 g/mol. The number of benzene rings is 1. The number of thiazole rings is 1. The monoisotopic (exact) mass is 419 g/mol. The van der Waals surface area contributed by atoms with Gasteiger partial charge in [0.15, 0.2) is 5.13 Å². The number of aryl methyl sites for hydroxylation is 1. The number of aromatic nitrogens is 2. The number of aliphatic carboxylic acids is 1. The van der Waals surface area contributed by atoms with E-state index in [9.17, 15) is 14.7 Å². The number of carboxylic acid groups (broad SMARTS) is 1. The summed E-state index contributed by atoms with van der Waals surface area (Å²) in [6, 6.07) is 9.01. The van der Waals surface area contributed by atoms with E-state index in [4.69, 9.17) is 16.1 Å². The molecule has 0 bridgehead atoms. The maximum Gasteiger partial charge on any atom is 0.304 e. The van der Waals surface area contributed by atoms with Gasteiger partial charge in [0.25, 0.3) is 0 Å². The number of nitrogens with zero attached hydrogens (tertiary/aromatic N) is 3. The van der Waals surface area contributed by atoms with Gasteiger partial charge in [0.1, 0.15) is 5.76 Å². The first-order chi connectivity index (χ1) is 13.3. The van der Waals surface area contributed by atoms with Crippen molar-refractivity contribution in [3.05, 3.63) is 52.2 Å². The number of carbonyl (C=O) groups excluding carboxylic acids is 1. The lowest BCUT2D eigenvalue weighted by Gasteiger charge is -2.20. The van der Waals surface area contributed by atoms with E-state index in [1.54, 1.807) is 26.1 Å². The lowest BCUT2D eigenvalue weighted by molar-refractivity contribution is -0.140. The fourth-order valence-corrected chi connectivity index (χ4v) is 3.83. The molecule has 3 rings (SSSR count). The summed E-state index contributed by atoms with van der Waals surface area (Å²) in [5.41, 5.74) is 1.97. The minimum absolute atomic E-state index is 0.176. The number of hydrogen-bond acceptors (Lipinski definition) is 6. The number of anilines is 1. The van der Waals surface area contributed by atoms with Gasteiger partial charge in [-0.15, -0.1) is 11.3 Å². The smallest absolute Gasteiger partial charge is 0.304 e. The van der Waals surface area contributed by atoms with Crippen LogP contribution in [0.5, 0.6) is 0 Å². The van der Waals surface area contributed by atoms with E-state index in [-0.39, 0.29) is 18.7 Å². The Bertz CT molecular complexity index is 1000. The predicted octanol–water partition coefficient (Wildman–Crippen LogP) is 4.06. The van der Waals surface area contributed by atoms with Crippen LogP contribution in [-0.4, -0.2) is 34.2 Å². The zero-order chi connectivity index (χ0) is 20.3. The third-order valence-electron chi connectivity index (χ3n) is 4.16. The summed E-state index contributed by atoms with van der Waals surface area (Å²) in [7, 11) is 1.58. The van der Waals surface area contributed by atoms with Gasteiger partial charge in [-0.2, -0.15) is 0 Å². The molecule has 9 heteroatoms. The molecule has 0 spiro atoms. The van der Waals surface area contributed by atoms with Gasteiger partial charge >= 0.3 is 5.97 Å². The second-order valence-electron chi connectivity index (χ2n) is 6.32. The average molecular weight is 420 g/mol. The molecule has 1 atom stereocenters. The summed E-state index contributed by atoms with van der Waals surface area (Å²) in [5, 5.41) is 15.9. The van der Waals surface area contributed by atoms with Crippen molar-refractivity contribution in [2.24, 2.45) is 5.92 Å². The maximum absolute atomic E-state index is 12.9. The summed E-state index contributed by atoms with van der Waals surface area (Å²) in [6.45, 7) is 1.74. The standard InChI is InChI=1S/C19H18ClN3O4S/c1-11-7-13(22-27-11)8-12(9-17(24)25)18(26)23(2)19-21-16(10-28-19)14-5-3-4-6-15(14)20/h3-7,10,12H,8-9H2,1-2H3,(H,24,25)/t12-/m1/s1. The number of amides is 1. The van der Waals surface area contributed by atoms with Crippen LogP contribution >= 0.6 is 22.9 Å². The van der Waals surface area contributed by atoms with Crippen molar-refractivity contribution >= 4 is 39.9 Å². The molecule has 0 aliphatic carbocycles. The van der Waals surface area contributed by atoms with Crippen molar-refractivity contribution in [1.29, 1.82) is 0 Å². The second kappa shape index (κ2) is 8.53. The van der Waals surface area contributed by atoms with Gasteiger partial charge in [-0.05, 0) is 13.0 Å². The number of hydrogen-bond donors (Lipinski definition) is 1. The van der Waals surface area contributed by atoms with Gasteiger partial charge in [-0.25, -0.2) is 4.98 Å². The van der Waals surface area contributed by atoms with Crippen LogP contribution in [0.2, 0.25) is 5.02 Å². The molecule has 7 nitrogen and oxygen atoms in total. The summed E-state index contributed by atoms with van der Waals surface area (Å²) in [4.78, 5) is 30.1. The third kappa shape index (κ3) is 4.58. The van der Waals surface area contributed by atoms with Crippen LogP contribution < -0.4 is 4.90 Å². The molecule has 1 N–H and O–H groups in total. The van der Waals surface area contributed by atoms with Gasteiger partial charge in [0.05, 0.1) is 23.7 Å². The minimum Gasteiger partial charge on any atom is -0.481 e. The van der Waals surface area contributed by atoms with E-state index >= 15 is 0 Å². The van der Waals surface area contributed by atoms with E-state index in [0.29, 0.717) is 27.3 Å². The fourth-order valence-electron chi connectivity index (χ4n) is 2.80. The van der Waals surface area contributed by atoms with Crippen LogP contribution in [-0.2, 0) is 16.0 Å². The van der Waals surface area contributed by atoms with Crippen molar-refractivity contribution in [2.75, 3.05) is 11.9 Å². The van der Waals surface area contributed by atoms with E-state index in [0.717, 1.165) is 5.56 Å². The normalized spacial score (nSPS) is 12.0. The fraction of sp³-hybridized carbons (Fsp3) is 0.263.